The molecule has 17 heavy (non-hydrogen) atoms. The lowest BCUT2D eigenvalue weighted by molar-refractivity contribution is -0.122. The molecule has 1 amide bonds. The molecule has 0 aliphatic heterocycles. The van der Waals surface area contributed by atoms with Crippen LogP contribution in [0.3, 0.4) is 0 Å². The van der Waals surface area contributed by atoms with Crippen molar-refractivity contribution in [2.45, 2.75) is 38.1 Å². The fourth-order valence-electron chi connectivity index (χ4n) is 2.41. The smallest absolute Gasteiger partial charge is 0.220 e. The van der Waals surface area contributed by atoms with Gasteiger partial charge in [-0.3, -0.25) is 4.79 Å². The molecule has 0 saturated heterocycles. The lowest BCUT2D eigenvalue weighted by Crippen LogP contribution is -2.30. The highest BCUT2D eigenvalue weighted by molar-refractivity contribution is 5.76. The Morgan fingerprint density at radius 3 is 3.06 bits per heavy atom. The summed E-state index contributed by atoms with van der Waals surface area (Å²) in [6.45, 7) is 0.0780. The number of fused-ring (bicyclic) bond motifs is 1. The van der Waals surface area contributed by atoms with Gasteiger partial charge < -0.3 is 10.4 Å². The van der Waals surface area contributed by atoms with Gasteiger partial charge in [0.15, 0.2) is 0 Å². The number of aliphatic hydroxyl groups excluding tert-OH is 1. The SMILES string of the molecule is O=C(CCCO)NC1CCCc2ccccc21. The van der Waals surface area contributed by atoms with E-state index in [2.05, 4.69) is 23.5 Å². The van der Waals surface area contributed by atoms with Gasteiger partial charge in [-0.05, 0) is 36.8 Å². The highest BCUT2D eigenvalue weighted by atomic mass is 16.3. The molecule has 0 heterocycles. The zero-order valence-electron chi connectivity index (χ0n) is 9.98. The topological polar surface area (TPSA) is 49.3 Å². The van der Waals surface area contributed by atoms with Crippen LogP contribution in [-0.4, -0.2) is 17.6 Å². The van der Waals surface area contributed by atoms with E-state index in [1.807, 2.05) is 6.07 Å². The average Bonchev–Trinajstić information content (AvgIpc) is 2.37. The summed E-state index contributed by atoms with van der Waals surface area (Å²) in [6, 6.07) is 8.48. The Morgan fingerprint density at radius 1 is 1.41 bits per heavy atom. The summed E-state index contributed by atoms with van der Waals surface area (Å²) in [4.78, 5) is 11.7. The van der Waals surface area contributed by atoms with Crippen molar-refractivity contribution >= 4 is 5.91 Å². The van der Waals surface area contributed by atoms with Gasteiger partial charge in [0.2, 0.25) is 5.91 Å². The molecular weight excluding hydrogens is 214 g/mol. The number of hydrogen-bond acceptors (Lipinski definition) is 2. The number of carbonyl (C=O) groups excluding carboxylic acids is 1. The van der Waals surface area contributed by atoms with Gasteiger partial charge in [-0.25, -0.2) is 0 Å². The van der Waals surface area contributed by atoms with E-state index in [-0.39, 0.29) is 18.6 Å². The number of aryl methyl sites for hydroxylation is 1. The predicted molar refractivity (Wildman–Crippen MR) is 66.6 cm³/mol. The molecule has 0 aromatic heterocycles. The van der Waals surface area contributed by atoms with Gasteiger partial charge in [-0.1, -0.05) is 24.3 Å². The van der Waals surface area contributed by atoms with Crippen molar-refractivity contribution in [3.8, 4) is 0 Å². The van der Waals surface area contributed by atoms with Gasteiger partial charge in [0.05, 0.1) is 6.04 Å². The minimum atomic E-state index is 0.0424. The fraction of sp³-hybridized carbons (Fsp3) is 0.500. The number of hydrogen-bond donors (Lipinski definition) is 2. The maximum atomic E-state index is 11.7. The van der Waals surface area contributed by atoms with Crippen LogP contribution in [0.15, 0.2) is 24.3 Å². The van der Waals surface area contributed by atoms with E-state index in [0.717, 1.165) is 19.3 Å². The molecule has 1 aromatic rings. The Kier molecular flexibility index (Phi) is 4.15. The Bertz CT molecular complexity index is 390. The predicted octanol–water partition coefficient (Wildman–Crippen LogP) is 1.95. The summed E-state index contributed by atoms with van der Waals surface area (Å²) >= 11 is 0. The largest absolute Gasteiger partial charge is 0.396 e. The molecule has 0 saturated carbocycles. The number of nitrogens with one attached hydrogen (secondary N) is 1. The summed E-state index contributed by atoms with van der Waals surface area (Å²) in [5.74, 6) is 0.0424. The monoisotopic (exact) mass is 233 g/mol. The van der Waals surface area contributed by atoms with E-state index in [1.165, 1.54) is 11.1 Å². The summed E-state index contributed by atoms with van der Waals surface area (Å²) in [7, 11) is 0. The summed E-state index contributed by atoms with van der Waals surface area (Å²) in [5.41, 5.74) is 2.61. The standard InChI is InChI=1S/C14H19NO2/c16-10-4-9-14(17)15-13-8-3-6-11-5-1-2-7-12(11)13/h1-2,5,7,13,16H,3-4,6,8-10H2,(H,15,17). The molecule has 2 rings (SSSR count). The molecule has 1 unspecified atom stereocenters. The van der Waals surface area contributed by atoms with Crippen molar-refractivity contribution in [1.82, 2.24) is 5.32 Å². The molecule has 0 bridgehead atoms. The number of rotatable bonds is 4. The maximum absolute atomic E-state index is 11.7. The van der Waals surface area contributed by atoms with E-state index >= 15 is 0 Å². The van der Waals surface area contributed by atoms with E-state index in [4.69, 9.17) is 5.11 Å². The van der Waals surface area contributed by atoms with Gasteiger partial charge in [0.25, 0.3) is 0 Å². The number of carbonyl (C=O) groups is 1. The molecule has 1 aliphatic rings. The third kappa shape index (κ3) is 3.07. The molecule has 0 fully saturated rings. The molecule has 0 radical (unpaired) electrons. The van der Waals surface area contributed by atoms with E-state index in [9.17, 15) is 4.79 Å². The van der Waals surface area contributed by atoms with Crippen molar-refractivity contribution in [2.24, 2.45) is 0 Å². The minimum absolute atomic E-state index is 0.0424. The zero-order chi connectivity index (χ0) is 12.1. The van der Waals surface area contributed by atoms with Crippen LogP contribution in [0.5, 0.6) is 0 Å². The second kappa shape index (κ2) is 5.82. The fourth-order valence-corrected chi connectivity index (χ4v) is 2.41. The summed E-state index contributed by atoms with van der Waals surface area (Å²) < 4.78 is 0. The molecule has 1 atom stereocenters. The average molecular weight is 233 g/mol. The first-order valence-electron chi connectivity index (χ1n) is 6.29. The summed E-state index contributed by atoms with van der Waals surface area (Å²) in [5, 5.41) is 11.8. The molecule has 92 valence electrons. The number of benzene rings is 1. The first-order chi connectivity index (χ1) is 8.31. The van der Waals surface area contributed by atoms with Crippen LogP contribution in [0.25, 0.3) is 0 Å². The Morgan fingerprint density at radius 2 is 2.24 bits per heavy atom. The third-order valence-electron chi connectivity index (χ3n) is 3.27. The van der Waals surface area contributed by atoms with Crippen LogP contribution >= 0.6 is 0 Å². The highest BCUT2D eigenvalue weighted by Crippen LogP contribution is 2.29. The van der Waals surface area contributed by atoms with Gasteiger partial charge >= 0.3 is 0 Å². The van der Waals surface area contributed by atoms with Crippen LogP contribution in [0.4, 0.5) is 0 Å². The highest BCUT2D eigenvalue weighted by Gasteiger charge is 2.20. The van der Waals surface area contributed by atoms with Crippen molar-refractivity contribution in [2.75, 3.05) is 6.61 Å². The lowest BCUT2D eigenvalue weighted by atomic mass is 9.87. The van der Waals surface area contributed by atoms with Gasteiger partial charge in [0.1, 0.15) is 0 Å². The normalized spacial score (nSPS) is 18.5. The first kappa shape index (κ1) is 12.1. The van der Waals surface area contributed by atoms with E-state index < -0.39 is 0 Å². The first-order valence-corrected chi connectivity index (χ1v) is 6.29. The van der Waals surface area contributed by atoms with E-state index in [1.54, 1.807) is 0 Å². The van der Waals surface area contributed by atoms with Crippen molar-refractivity contribution in [3.05, 3.63) is 35.4 Å². The number of amides is 1. The number of aliphatic hydroxyl groups is 1. The van der Waals surface area contributed by atoms with Crippen molar-refractivity contribution in [3.63, 3.8) is 0 Å². The second-order valence-electron chi connectivity index (χ2n) is 4.54. The molecular formula is C14H19NO2. The van der Waals surface area contributed by atoms with E-state index in [0.29, 0.717) is 12.8 Å². The Hall–Kier alpha value is -1.35. The van der Waals surface area contributed by atoms with Crippen LogP contribution < -0.4 is 5.32 Å². The molecule has 1 aromatic carbocycles. The summed E-state index contributed by atoms with van der Waals surface area (Å²) in [6.07, 6.45) is 4.21. The zero-order valence-corrected chi connectivity index (χ0v) is 9.98. The molecule has 2 N–H and O–H groups in total. The minimum Gasteiger partial charge on any atom is -0.396 e. The van der Waals surface area contributed by atoms with Crippen LogP contribution in [0, 0.1) is 0 Å². The van der Waals surface area contributed by atoms with Crippen LogP contribution in [0.1, 0.15) is 42.9 Å². The second-order valence-corrected chi connectivity index (χ2v) is 4.54. The molecule has 1 aliphatic carbocycles. The third-order valence-corrected chi connectivity index (χ3v) is 3.27. The van der Waals surface area contributed by atoms with Crippen LogP contribution in [-0.2, 0) is 11.2 Å². The van der Waals surface area contributed by atoms with Crippen molar-refractivity contribution in [1.29, 1.82) is 0 Å². The Labute approximate surface area is 102 Å². The lowest BCUT2D eigenvalue weighted by Gasteiger charge is -2.26. The quantitative estimate of drug-likeness (QED) is 0.835. The van der Waals surface area contributed by atoms with Gasteiger partial charge in [-0.2, -0.15) is 0 Å². The molecule has 3 heteroatoms. The molecule has 0 spiro atoms. The van der Waals surface area contributed by atoms with Gasteiger partial charge in [0, 0.05) is 13.0 Å². The van der Waals surface area contributed by atoms with Crippen molar-refractivity contribution < 1.29 is 9.90 Å². The molecule has 3 nitrogen and oxygen atoms in total. The Balaban J connectivity index is 2.01. The maximum Gasteiger partial charge on any atom is 0.220 e. The van der Waals surface area contributed by atoms with Crippen LogP contribution in [0.2, 0.25) is 0 Å². The van der Waals surface area contributed by atoms with Gasteiger partial charge in [-0.15, -0.1) is 0 Å².